The zero-order valence-corrected chi connectivity index (χ0v) is 13.5. The topological polar surface area (TPSA) is 42.2 Å². The molecule has 0 radical (unpaired) electrons. The van der Waals surface area contributed by atoms with Crippen LogP contribution in [-0.2, 0) is 19.5 Å². The maximum atomic E-state index is 4.35. The fourth-order valence-electron chi connectivity index (χ4n) is 2.19. The lowest BCUT2D eigenvalue weighted by Gasteiger charge is -2.05. The molecule has 4 nitrogen and oxygen atoms in total. The van der Waals surface area contributed by atoms with Crippen LogP contribution < -0.4 is 5.32 Å². The van der Waals surface area contributed by atoms with Gasteiger partial charge in [-0.3, -0.25) is 4.40 Å². The van der Waals surface area contributed by atoms with E-state index in [1.54, 1.807) is 6.20 Å². The van der Waals surface area contributed by atoms with Gasteiger partial charge in [0.1, 0.15) is 4.60 Å². The summed E-state index contributed by atoms with van der Waals surface area (Å²) >= 11 is 5.21. The van der Waals surface area contributed by atoms with Gasteiger partial charge in [0.15, 0.2) is 5.65 Å². The molecule has 3 aromatic heterocycles. The number of fused-ring (bicyclic) bond motifs is 1. The molecule has 0 fully saturated rings. The average molecular weight is 351 g/mol. The first kappa shape index (κ1) is 13.7. The van der Waals surface area contributed by atoms with E-state index in [1.165, 1.54) is 10.4 Å². The molecule has 0 bridgehead atoms. The third-order valence-corrected chi connectivity index (χ3v) is 4.62. The fraction of sp³-hybridized carbons (Fsp3) is 0.286. The third kappa shape index (κ3) is 2.77. The van der Waals surface area contributed by atoms with E-state index in [0.717, 1.165) is 35.5 Å². The van der Waals surface area contributed by atoms with Crippen LogP contribution in [0.4, 0.5) is 0 Å². The number of hydrogen-bond donors (Lipinski definition) is 1. The number of nitrogens with one attached hydrogen (secondary N) is 1. The molecule has 0 unspecified atom stereocenters. The number of hydrogen-bond acceptors (Lipinski definition) is 4. The van der Waals surface area contributed by atoms with Crippen molar-refractivity contribution in [3.05, 3.63) is 50.8 Å². The lowest BCUT2D eigenvalue weighted by Crippen LogP contribution is -2.14. The minimum Gasteiger partial charge on any atom is -0.306 e. The molecule has 3 rings (SSSR count). The van der Waals surface area contributed by atoms with Crippen LogP contribution in [0.25, 0.3) is 5.65 Å². The van der Waals surface area contributed by atoms with Crippen molar-refractivity contribution in [2.75, 3.05) is 0 Å². The summed E-state index contributed by atoms with van der Waals surface area (Å²) in [6, 6.07) is 2.21. The molecule has 1 N–H and O–H groups in total. The molecule has 0 aromatic carbocycles. The summed E-state index contributed by atoms with van der Waals surface area (Å²) < 4.78 is 2.87. The van der Waals surface area contributed by atoms with Crippen LogP contribution in [0.15, 0.2) is 34.6 Å². The van der Waals surface area contributed by atoms with E-state index < -0.39 is 0 Å². The predicted molar refractivity (Wildman–Crippen MR) is 84.9 cm³/mol. The van der Waals surface area contributed by atoms with Crippen molar-refractivity contribution >= 4 is 32.9 Å². The predicted octanol–water partition coefficient (Wildman–Crippen LogP) is 3.41. The van der Waals surface area contributed by atoms with E-state index in [0.29, 0.717) is 0 Å². The molecule has 0 spiro atoms. The summed E-state index contributed by atoms with van der Waals surface area (Å²) in [5.74, 6) is 0. The Morgan fingerprint density at radius 3 is 3.05 bits per heavy atom. The summed E-state index contributed by atoms with van der Waals surface area (Å²) in [5, 5.41) is 5.65. The first-order chi connectivity index (χ1) is 9.78. The van der Waals surface area contributed by atoms with Gasteiger partial charge in [0.05, 0.1) is 18.1 Å². The van der Waals surface area contributed by atoms with E-state index >= 15 is 0 Å². The quantitative estimate of drug-likeness (QED) is 0.766. The minimum absolute atomic E-state index is 0.790. The first-order valence-corrected chi connectivity index (χ1v) is 8.18. The van der Waals surface area contributed by atoms with Crippen LogP contribution in [0.2, 0.25) is 0 Å². The summed E-state index contributed by atoms with van der Waals surface area (Å²) in [6.45, 7) is 3.89. The maximum Gasteiger partial charge on any atom is 0.155 e. The van der Waals surface area contributed by atoms with E-state index in [9.17, 15) is 0 Å². The molecule has 0 aliphatic heterocycles. The largest absolute Gasteiger partial charge is 0.306 e. The number of rotatable bonds is 5. The molecule has 20 heavy (non-hydrogen) atoms. The molecule has 0 saturated carbocycles. The Bertz CT molecular complexity index is 719. The number of halogens is 1. The van der Waals surface area contributed by atoms with Crippen LogP contribution >= 0.6 is 27.3 Å². The van der Waals surface area contributed by atoms with Gasteiger partial charge < -0.3 is 5.32 Å². The van der Waals surface area contributed by atoms with Crippen molar-refractivity contribution < 1.29 is 0 Å². The number of imidazole rings is 1. The molecule has 0 atom stereocenters. The molecule has 0 saturated heterocycles. The highest BCUT2D eigenvalue weighted by atomic mass is 79.9. The summed E-state index contributed by atoms with van der Waals surface area (Å²) in [7, 11) is 0. The number of thiophene rings is 1. The Hall–Kier alpha value is -1.24. The molecule has 0 amide bonds. The van der Waals surface area contributed by atoms with Crippen molar-refractivity contribution in [3.8, 4) is 0 Å². The summed E-state index contributed by atoms with van der Waals surface area (Å²) in [5.41, 5.74) is 3.45. The molecular weight excluding hydrogens is 336 g/mol. The average Bonchev–Trinajstić information content (AvgIpc) is 3.06. The van der Waals surface area contributed by atoms with Gasteiger partial charge >= 0.3 is 0 Å². The highest BCUT2D eigenvalue weighted by Gasteiger charge is 2.05. The van der Waals surface area contributed by atoms with Gasteiger partial charge in [-0.25, -0.2) is 9.97 Å². The van der Waals surface area contributed by atoms with Gasteiger partial charge in [0.2, 0.25) is 0 Å². The first-order valence-electron chi connectivity index (χ1n) is 6.51. The van der Waals surface area contributed by atoms with Gasteiger partial charge in [0, 0.05) is 24.2 Å². The highest BCUT2D eigenvalue weighted by Crippen LogP contribution is 2.17. The molecule has 3 aromatic rings. The lowest BCUT2D eigenvalue weighted by atomic mass is 10.2. The van der Waals surface area contributed by atoms with E-state index in [2.05, 4.69) is 54.0 Å². The van der Waals surface area contributed by atoms with Crippen LogP contribution in [0.1, 0.15) is 23.1 Å². The second-order valence-electron chi connectivity index (χ2n) is 4.51. The highest BCUT2D eigenvalue weighted by molar-refractivity contribution is 9.10. The van der Waals surface area contributed by atoms with Gasteiger partial charge in [-0.05, 0) is 39.4 Å². The Morgan fingerprint density at radius 1 is 1.30 bits per heavy atom. The Kier molecular flexibility index (Phi) is 4.14. The normalized spacial score (nSPS) is 11.3. The van der Waals surface area contributed by atoms with Crippen LogP contribution in [0.3, 0.4) is 0 Å². The summed E-state index contributed by atoms with van der Waals surface area (Å²) in [6.07, 6.45) is 6.70. The lowest BCUT2D eigenvalue weighted by molar-refractivity contribution is 0.678. The molecule has 0 aliphatic carbocycles. The molecule has 0 aliphatic rings. The van der Waals surface area contributed by atoms with Crippen molar-refractivity contribution in [2.45, 2.75) is 26.4 Å². The molecule has 6 heteroatoms. The van der Waals surface area contributed by atoms with Gasteiger partial charge in [-0.2, -0.15) is 0 Å². The third-order valence-electron chi connectivity index (χ3n) is 3.25. The SMILES string of the molecule is CCc1ccsc1CNCc1cnc2cnc(Br)cn12. The second kappa shape index (κ2) is 6.03. The van der Waals surface area contributed by atoms with Crippen molar-refractivity contribution in [1.29, 1.82) is 0 Å². The van der Waals surface area contributed by atoms with E-state index in [-0.39, 0.29) is 0 Å². The van der Waals surface area contributed by atoms with Crippen LogP contribution in [0, 0.1) is 0 Å². The zero-order chi connectivity index (χ0) is 13.9. The standard InChI is InChI=1S/C14H15BrN4S/c1-2-10-3-4-20-12(10)7-16-5-11-6-18-14-8-17-13(15)9-19(11)14/h3-4,6,8-9,16H,2,5,7H2,1H3. The van der Waals surface area contributed by atoms with Gasteiger partial charge in [-0.15, -0.1) is 11.3 Å². The number of nitrogens with zero attached hydrogens (tertiary/aromatic N) is 3. The smallest absolute Gasteiger partial charge is 0.155 e. The van der Waals surface area contributed by atoms with Crippen molar-refractivity contribution in [3.63, 3.8) is 0 Å². The molecule has 104 valence electrons. The number of aromatic nitrogens is 3. The minimum atomic E-state index is 0.790. The Morgan fingerprint density at radius 2 is 2.20 bits per heavy atom. The van der Waals surface area contributed by atoms with Crippen molar-refractivity contribution in [1.82, 2.24) is 19.7 Å². The van der Waals surface area contributed by atoms with Crippen LogP contribution in [-0.4, -0.2) is 14.4 Å². The number of aryl methyl sites for hydroxylation is 1. The van der Waals surface area contributed by atoms with Gasteiger partial charge in [-0.1, -0.05) is 6.92 Å². The zero-order valence-electron chi connectivity index (χ0n) is 11.1. The molecule has 3 heterocycles. The van der Waals surface area contributed by atoms with E-state index in [1.807, 2.05) is 23.7 Å². The monoisotopic (exact) mass is 350 g/mol. The Balaban J connectivity index is 1.70. The molecular formula is C14H15BrN4S. The van der Waals surface area contributed by atoms with Crippen LogP contribution in [0.5, 0.6) is 0 Å². The fourth-order valence-corrected chi connectivity index (χ4v) is 3.44. The van der Waals surface area contributed by atoms with Gasteiger partial charge in [0.25, 0.3) is 0 Å². The Labute approximate surface area is 130 Å². The van der Waals surface area contributed by atoms with Crippen molar-refractivity contribution in [2.24, 2.45) is 0 Å². The maximum absolute atomic E-state index is 4.35. The summed E-state index contributed by atoms with van der Waals surface area (Å²) in [4.78, 5) is 9.95. The van der Waals surface area contributed by atoms with E-state index in [4.69, 9.17) is 0 Å². The second-order valence-corrected chi connectivity index (χ2v) is 6.33.